The van der Waals surface area contributed by atoms with Crippen LogP contribution in [0.4, 0.5) is 5.69 Å². The van der Waals surface area contributed by atoms with Crippen molar-refractivity contribution in [2.75, 3.05) is 5.32 Å². The molecule has 7 nitrogen and oxygen atoms in total. The molecule has 0 aliphatic rings. The fraction of sp³-hybridized carbons (Fsp3) is 0.167. The predicted molar refractivity (Wildman–Crippen MR) is 124 cm³/mol. The molecule has 0 saturated heterocycles. The molecular weight excluding hydrogens is 426 g/mol. The Labute approximate surface area is 191 Å². The van der Waals surface area contributed by atoms with E-state index in [2.05, 4.69) is 20.4 Å². The lowest BCUT2D eigenvalue weighted by Crippen LogP contribution is -2.11. The molecule has 32 heavy (non-hydrogen) atoms. The number of nitrogens with zero attached hydrogens (tertiary/aromatic N) is 4. The summed E-state index contributed by atoms with van der Waals surface area (Å²) in [7, 11) is 0. The normalized spacial score (nSPS) is 10.8. The van der Waals surface area contributed by atoms with Crippen molar-refractivity contribution in [2.24, 2.45) is 0 Å². The van der Waals surface area contributed by atoms with E-state index in [1.165, 1.54) is 0 Å². The number of benzene rings is 2. The number of nitrogens with one attached hydrogen (secondary N) is 1. The third-order valence-corrected chi connectivity index (χ3v) is 5.33. The van der Waals surface area contributed by atoms with Crippen molar-refractivity contribution in [3.8, 4) is 17.4 Å². The largest absolute Gasteiger partial charge is 0.439 e. The zero-order valence-electron chi connectivity index (χ0n) is 18.2. The number of ether oxygens (including phenoxy) is 1. The standard InChI is InChI=1S/C24H22ClN5O2/c1-14-15(2)29-30(16(14)3)22-13-23(27-17(4)26-22)32-21-10-8-20(9-11-21)28-24(31)18-6-5-7-19(25)12-18/h5-13H,1-4H3,(H,28,31). The highest BCUT2D eigenvalue weighted by Crippen LogP contribution is 2.24. The molecule has 0 radical (unpaired) electrons. The zero-order valence-corrected chi connectivity index (χ0v) is 18.9. The van der Waals surface area contributed by atoms with Gasteiger partial charge in [0.1, 0.15) is 11.6 Å². The second-order valence-corrected chi connectivity index (χ2v) is 7.85. The van der Waals surface area contributed by atoms with Gasteiger partial charge in [-0.2, -0.15) is 10.1 Å². The van der Waals surface area contributed by atoms with Crippen molar-refractivity contribution >= 4 is 23.2 Å². The Morgan fingerprint density at radius 2 is 1.75 bits per heavy atom. The van der Waals surface area contributed by atoms with Gasteiger partial charge >= 0.3 is 0 Å². The van der Waals surface area contributed by atoms with Crippen LogP contribution in [0, 0.1) is 27.7 Å². The summed E-state index contributed by atoms with van der Waals surface area (Å²) in [6.45, 7) is 7.82. The van der Waals surface area contributed by atoms with Gasteiger partial charge < -0.3 is 10.1 Å². The molecule has 0 spiro atoms. The van der Waals surface area contributed by atoms with Crippen LogP contribution in [-0.4, -0.2) is 25.7 Å². The van der Waals surface area contributed by atoms with Gasteiger partial charge in [-0.15, -0.1) is 0 Å². The minimum absolute atomic E-state index is 0.239. The van der Waals surface area contributed by atoms with Crippen molar-refractivity contribution in [2.45, 2.75) is 27.7 Å². The van der Waals surface area contributed by atoms with Gasteiger partial charge in [0, 0.05) is 28.0 Å². The van der Waals surface area contributed by atoms with Gasteiger partial charge in [0.05, 0.1) is 5.69 Å². The highest BCUT2D eigenvalue weighted by Gasteiger charge is 2.13. The van der Waals surface area contributed by atoms with Crippen LogP contribution in [0.25, 0.3) is 5.82 Å². The molecule has 4 rings (SSSR count). The number of anilines is 1. The predicted octanol–water partition coefficient (Wildman–Crippen LogP) is 5.59. The molecule has 0 bridgehead atoms. The molecule has 0 aliphatic heterocycles. The van der Waals surface area contributed by atoms with E-state index in [4.69, 9.17) is 16.3 Å². The zero-order chi connectivity index (χ0) is 22.8. The Morgan fingerprint density at radius 3 is 2.41 bits per heavy atom. The lowest BCUT2D eigenvalue weighted by atomic mass is 10.2. The molecule has 162 valence electrons. The molecule has 0 aliphatic carbocycles. The van der Waals surface area contributed by atoms with Crippen LogP contribution in [0.1, 0.15) is 33.1 Å². The second-order valence-electron chi connectivity index (χ2n) is 7.41. The summed E-state index contributed by atoms with van der Waals surface area (Å²) in [5.41, 5.74) is 4.23. The Balaban J connectivity index is 1.50. The number of hydrogen-bond donors (Lipinski definition) is 1. The van der Waals surface area contributed by atoms with Crippen LogP contribution < -0.4 is 10.1 Å². The van der Waals surface area contributed by atoms with E-state index in [0.29, 0.717) is 39.5 Å². The molecule has 1 amide bonds. The SMILES string of the molecule is Cc1nc(Oc2ccc(NC(=O)c3cccc(Cl)c3)cc2)cc(-n2nc(C)c(C)c2C)n1. The highest BCUT2D eigenvalue weighted by molar-refractivity contribution is 6.31. The smallest absolute Gasteiger partial charge is 0.255 e. The van der Waals surface area contributed by atoms with Crippen LogP contribution in [0.15, 0.2) is 54.6 Å². The molecule has 2 aromatic carbocycles. The lowest BCUT2D eigenvalue weighted by Gasteiger charge is -2.10. The molecule has 0 unspecified atom stereocenters. The summed E-state index contributed by atoms with van der Waals surface area (Å²) in [6, 6.07) is 15.6. The van der Waals surface area contributed by atoms with Gasteiger partial charge in [-0.3, -0.25) is 4.79 Å². The number of amides is 1. The number of rotatable bonds is 5. The molecule has 1 N–H and O–H groups in total. The molecule has 0 atom stereocenters. The average molecular weight is 448 g/mol. The molecular formula is C24H22ClN5O2. The van der Waals surface area contributed by atoms with Gasteiger partial charge in [0.25, 0.3) is 5.91 Å². The van der Waals surface area contributed by atoms with E-state index in [1.807, 2.05) is 27.7 Å². The van der Waals surface area contributed by atoms with E-state index < -0.39 is 0 Å². The van der Waals surface area contributed by atoms with Gasteiger partial charge in [0.15, 0.2) is 5.82 Å². The molecule has 0 fully saturated rings. The number of carbonyl (C=O) groups is 1. The second kappa shape index (κ2) is 8.80. The third-order valence-electron chi connectivity index (χ3n) is 5.09. The van der Waals surface area contributed by atoms with Crippen LogP contribution in [0.5, 0.6) is 11.6 Å². The number of hydrogen-bond acceptors (Lipinski definition) is 5. The quantitative estimate of drug-likeness (QED) is 0.431. The fourth-order valence-electron chi connectivity index (χ4n) is 3.19. The summed E-state index contributed by atoms with van der Waals surface area (Å²) in [5.74, 6) is 1.98. The van der Waals surface area contributed by atoms with Crippen molar-refractivity contribution in [1.82, 2.24) is 19.7 Å². The molecule has 2 heterocycles. The van der Waals surface area contributed by atoms with Crippen molar-refractivity contribution in [1.29, 1.82) is 0 Å². The summed E-state index contributed by atoms with van der Waals surface area (Å²) < 4.78 is 7.73. The summed E-state index contributed by atoms with van der Waals surface area (Å²) in [4.78, 5) is 21.2. The average Bonchev–Trinajstić information content (AvgIpc) is 3.02. The molecule has 4 aromatic rings. The third kappa shape index (κ3) is 4.63. The van der Waals surface area contributed by atoms with E-state index in [0.717, 1.165) is 17.0 Å². The first-order chi connectivity index (χ1) is 15.3. The van der Waals surface area contributed by atoms with Crippen LogP contribution in [0.3, 0.4) is 0 Å². The maximum atomic E-state index is 12.4. The maximum Gasteiger partial charge on any atom is 0.255 e. The molecule has 0 saturated carbocycles. The van der Waals surface area contributed by atoms with Crippen molar-refractivity contribution in [3.05, 3.63) is 88.0 Å². The van der Waals surface area contributed by atoms with Crippen LogP contribution in [-0.2, 0) is 0 Å². The minimum atomic E-state index is -0.239. The van der Waals surface area contributed by atoms with Gasteiger partial charge in [-0.05, 0) is 75.7 Å². The Bertz CT molecular complexity index is 1300. The van der Waals surface area contributed by atoms with Crippen LogP contribution >= 0.6 is 11.6 Å². The van der Waals surface area contributed by atoms with Gasteiger partial charge in [-0.25, -0.2) is 9.67 Å². The summed E-state index contributed by atoms with van der Waals surface area (Å²) in [5, 5.41) is 7.91. The van der Waals surface area contributed by atoms with E-state index in [-0.39, 0.29) is 5.91 Å². The summed E-state index contributed by atoms with van der Waals surface area (Å²) >= 11 is 5.96. The number of aromatic nitrogens is 4. The lowest BCUT2D eigenvalue weighted by molar-refractivity contribution is 0.102. The van der Waals surface area contributed by atoms with E-state index >= 15 is 0 Å². The summed E-state index contributed by atoms with van der Waals surface area (Å²) in [6.07, 6.45) is 0. The number of halogens is 1. The Morgan fingerprint density at radius 1 is 1.00 bits per heavy atom. The first-order valence-corrected chi connectivity index (χ1v) is 10.4. The Kier molecular flexibility index (Phi) is 5.92. The fourth-order valence-corrected chi connectivity index (χ4v) is 3.38. The Hall–Kier alpha value is -3.71. The highest BCUT2D eigenvalue weighted by atomic mass is 35.5. The number of carbonyl (C=O) groups excluding carboxylic acids is 1. The van der Waals surface area contributed by atoms with E-state index in [9.17, 15) is 4.79 Å². The van der Waals surface area contributed by atoms with Crippen molar-refractivity contribution < 1.29 is 9.53 Å². The maximum absolute atomic E-state index is 12.4. The monoisotopic (exact) mass is 447 g/mol. The van der Waals surface area contributed by atoms with Gasteiger partial charge in [-0.1, -0.05) is 17.7 Å². The van der Waals surface area contributed by atoms with Gasteiger partial charge in [0.2, 0.25) is 5.88 Å². The first kappa shape index (κ1) is 21.5. The van der Waals surface area contributed by atoms with Crippen LogP contribution in [0.2, 0.25) is 5.02 Å². The van der Waals surface area contributed by atoms with Crippen molar-refractivity contribution in [3.63, 3.8) is 0 Å². The topological polar surface area (TPSA) is 81.9 Å². The minimum Gasteiger partial charge on any atom is -0.439 e. The number of aryl methyl sites for hydroxylation is 2. The first-order valence-electron chi connectivity index (χ1n) is 10.0. The molecule has 2 aromatic heterocycles. The van der Waals surface area contributed by atoms with E-state index in [1.54, 1.807) is 59.3 Å². The molecule has 8 heteroatoms.